The van der Waals surface area contributed by atoms with Crippen molar-refractivity contribution in [1.29, 1.82) is 0 Å². The highest BCUT2D eigenvalue weighted by Gasteiger charge is 1.93. The zero-order chi connectivity index (χ0) is 7.40. The fourth-order valence-electron chi connectivity index (χ4n) is 0.956. The molecule has 0 saturated carbocycles. The van der Waals surface area contributed by atoms with E-state index in [9.17, 15) is 0 Å². The minimum Gasteiger partial charge on any atom is -0.354 e. The van der Waals surface area contributed by atoms with E-state index in [0.717, 1.165) is 12.8 Å². The first-order valence-electron chi connectivity index (χ1n) is 3.38. The zero-order valence-corrected chi connectivity index (χ0v) is 6.17. The Labute approximate surface area is 61.7 Å². The molecule has 52 valence electrons. The van der Waals surface area contributed by atoms with Gasteiger partial charge in [-0.2, -0.15) is 0 Å². The smallest absolute Gasteiger partial charge is 0.0181 e. The highest BCUT2D eigenvalue weighted by atomic mass is 14.9. The van der Waals surface area contributed by atoms with Gasteiger partial charge in [0.2, 0.25) is 0 Å². The fraction of sp³-hybridized carbons (Fsp3) is 0.333. The molecule has 0 unspecified atom stereocenters. The molecule has 0 amide bonds. The van der Waals surface area contributed by atoms with Gasteiger partial charge in [0.15, 0.2) is 0 Å². The van der Waals surface area contributed by atoms with Crippen molar-refractivity contribution in [3.63, 3.8) is 0 Å². The van der Waals surface area contributed by atoms with E-state index in [1.807, 2.05) is 19.3 Å². The minimum absolute atomic E-state index is 0.831. The van der Waals surface area contributed by atoms with Gasteiger partial charge in [-0.3, -0.25) is 0 Å². The van der Waals surface area contributed by atoms with Crippen LogP contribution in [0.15, 0.2) is 18.3 Å². The van der Waals surface area contributed by atoms with Gasteiger partial charge in [-0.05, 0) is 18.6 Å². The van der Waals surface area contributed by atoms with Crippen LogP contribution >= 0.6 is 0 Å². The first-order chi connectivity index (χ1) is 4.84. The maximum absolute atomic E-state index is 5.14. The van der Waals surface area contributed by atoms with Gasteiger partial charge in [0, 0.05) is 25.4 Å². The number of hydrogen-bond donors (Lipinski definition) is 0. The van der Waals surface area contributed by atoms with Gasteiger partial charge in [-0.1, -0.05) is 0 Å². The molecule has 1 aromatic heterocycles. The topological polar surface area (TPSA) is 4.93 Å². The van der Waals surface area contributed by atoms with E-state index in [-0.39, 0.29) is 0 Å². The second-order valence-electron chi connectivity index (χ2n) is 2.31. The molecule has 0 radical (unpaired) electrons. The zero-order valence-electron chi connectivity index (χ0n) is 6.17. The molecule has 0 saturated heterocycles. The van der Waals surface area contributed by atoms with Crippen molar-refractivity contribution in [1.82, 2.24) is 4.57 Å². The van der Waals surface area contributed by atoms with E-state index in [1.54, 1.807) is 0 Å². The summed E-state index contributed by atoms with van der Waals surface area (Å²) in [7, 11) is 2.03. The quantitative estimate of drug-likeness (QED) is 0.540. The third-order valence-corrected chi connectivity index (χ3v) is 1.58. The summed E-state index contributed by atoms with van der Waals surface area (Å²) >= 11 is 0. The largest absolute Gasteiger partial charge is 0.354 e. The summed E-state index contributed by atoms with van der Waals surface area (Å²) in [6, 6.07) is 4.13. The Bertz CT molecular complexity index is 239. The van der Waals surface area contributed by atoms with Crippen molar-refractivity contribution in [2.45, 2.75) is 12.8 Å². The van der Waals surface area contributed by atoms with E-state index < -0.39 is 0 Å². The molecular formula is C9H11N. The van der Waals surface area contributed by atoms with E-state index in [0.29, 0.717) is 0 Å². The van der Waals surface area contributed by atoms with Crippen LogP contribution in [0.4, 0.5) is 0 Å². The lowest BCUT2D eigenvalue weighted by Gasteiger charge is -1.97. The Hall–Kier alpha value is -1.16. The minimum atomic E-state index is 0.831. The summed E-state index contributed by atoms with van der Waals surface area (Å²) in [5.74, 6) is 2.62. The molecule has 1 aromatic rings. The lowest BCUT2D eigenvalue weighted by Crippen LogP contribution is -1.93. The molecule has 0 bridgehead atoms. The summed E-state index contributed by atoms with van der Waals surface area (Å²) in [5.41, 5.74) is 1.30. The number of aryl methyl sites for hydroxylation is 2. The van der Waals surface area contributed by atoms with Crippen molar-refractivity contribution < 1.29 is 0 Å². The Morgan fingerprint density at radius 1 is 1.70 bits per heavy atom. The second-order valence-corrected chi connectivity index (χ2v) is 2.31. The number of aromatic nitrogens is 1. The van der Waals surface area contributed by atoms with Crippen molar-refractivity contribution in [3.8, 4) is 12.3 Å². The molecule has 1 heteroatoms. The molecule has 0 aliphatic heterocycles. The summed E-state index contributed by atoms with van der Waals surface area (Å²) < 4.78 is 2.09. The first-order valence-corrected chi connectivity index (χ1v) is 3.38. The first kappa shape index (κ1) is 6.95. The van der Waals surface area contributed by atoms with Crippen LogP contribution in [0.3, 0.4) is 0 Å². The van der Waals surface area contributed by atoms with Crippen molar-refractivity contribution >= 4 is 0 Å². The third-order valence-electron chi connectivity index (χ3n) is 1.58. The number of terminal acetylenes is 1. The highest BCUT2D eigenvalue weighted by Crippen LogP contribution is 2.01. The fourth-order valence-corrected chi connectivity index (χ4v) is 0.956. The predicted octanol–water partition coefficient (Wildman–Crippen LogP) is 1.59. The van der Waals surface area contributed by atoms with Crippen LogP contribution in [-0.4, -0.2) is 4.57 Å². The lowest BCUT2D eigenvalue weighted by molar-refractivity contribution is 0.817. The molecule has 1 heterocycles. The Balaban J connectivity index is 2.59. The number of nitrogens with zero attached hydrogens (tertiary/aromatic N) is 1. The Morgan fingerprint density at radius 2 is 2.50 bits per heavy atom. The van der Waals surface area contributed by atoms with E-state index in [1.165, 1.54) is 5.69 Å². The molecule has 1 nitrogen and oxygen atoms in total. The van der Waals surface area contributed by atoms with E-state index in [4.69, 9.17) is 6.42 Å². The molecule has 0 aromatic carbocycles. The summed E-state index contributed by atoms with van der Waals surface area (Å²) in [5, 5.41) is 0. The molecule has 0 atom stereocenters. The maximum Gasteiger partial charge on any atom is 0.0181 e. The monoisotopic (exact) mass is 133 g/mol. The molecule has 0 N–H and O–H groups in total. The maximum atomic E-state index is 5.14. The van der Waals surface area contributed by atoms with E-state index in [2.05, 4.69) is 16.6 Å². The molecule has 0 aliphatic rings. The van der Waals surface area contributed by atoms with E-state index >= 15 is 0 Å². The van der Waals surface area contributed by atoms with Gasteiger partial charge in [-0.15, -0.1) is 12.3 Å². The standard InChI is InChI=1S/C9H11N/c1-3-4-6-9-7-5-8-10(9)2/h1,5,7-8H,4,6H2,2H3. The number of hydrogen-bond acceptors (Lipinski definition) is 0. The second kappa shape index (κ2) is 3.12. The molecule has 10 heavy (non-hydrogen) atoms. The molecular weight excluding hydrogens is 122 g/mol. The van der Waals surface area contributed by atoms with Crippen LogP contribution in [0.25, 0.3) is 0 Å². The average Bonchev–Trinajstić information content (AvgIpc) is 2.31. The Morgan fingerprint density at radius 3 is 3.00 bits per heavy atom. The van der Waals surface area contributed by atoms with Gasteiger partial charge < -0.3 is 4.57 Å². The van der Waals surface area contributed by atoms with Gasteiger partial charge in [0.1, 0.15) is 0 Å². The Kier molecular flexibility index (Phi) is 2.17. The third kappa shape index (κ3) is 1.41. The predicted molar refractivity (Wildman–Crippen MR) is 42.6 cm³/mol. The van der Waals surface area contributed by atoms with Crippen molar-refractivity contribution in [3.05, 3.63) is 24.0 Å². The van der Waals surface area contributed by atoms with Gasteiger partial charge in [-0.25, -0.2) is 0 Å². The normalized spacial score (nSPS) is 9.20. The number of rotatable bonds is 2. The van der Waals surface area contributed by atoms with Crippen LogP contribution in [0.1, 0.15) is 12.1 Å². The van der Waals surface area contributed by atoms with Crippen LogP contribution < -0.4 is 0 Å². The van der Waals surface area contributed by atoms with Crippen LogP contribution in [-0.2, 0) is 13.5 Å². The molecule has 0 spiro atoms. The molecule has 0 fully saturated rings. The summed E-state index contributed by atoms with van der Waals surface area (Å²) in [6.45, 7) is 0. The van der Waals surface area contributed by atoms with Crippen LogP contribution in [0.2, 0.25) is 0 Å². The lowest BCUT2D eigenvalue weighted by atomic mass is 10.2. The molecule has 1 rings (SSSR count). The SMILES string of the molecule is C#CCCc1cccn1C. The summed E-state index contributed by atoms with van der Waals surface area (Å²) in [4.78, 5) is 0. The average molecular weight is 133 g/mol. The van der Waals surface area contributed by atoms with Crippen molar-refractivity contribution in [2.75, 3.05) is 0 Å². The van der Waals surface area contributed by atoms with Crippen molar-refractivity contribution in [2.24, 2.45) is 7.05 Å². The van der Waals surface area contributed by atoms with Gasteiger partial charge in [0.05, 0.1) is 0 Å². The summed E-state index contributed by atoms with van der Waals surface area (Å²) in [6.07, 6.45) is 8.99. The van der Waals surface area contributed by atoms with Crippen LogP contribution in [0, 0.1) is 12.3 Å². The van der Waals surface area contributed by atoms with Crippen LogP contribution in [0.5, 0.6) is 0 Å². The van der Waals surface area contributed by atoms with Gasteiger partial charge in [0.25, 0.3) is 0 Å². The van der Waals surface area contributed by atoms with Gasteiger partial charge >= 0.3 is 0 Å². The highest BCUT2D eigenvalue weighted by molar-refractivity contribution is 5.08. The molecule has 0 aliphatic carbocycles.